The molecular formula is C17H26N2O. The number of allylic oxidation sites excluding steroid dienone is 6. The highest BCUT2D eigenvalue weighted by Gasteiger charge is 2.18. The second kappa shape index (κ2) is 7.53. The van der Waals surface area contributed by atoms with Crippen molar-refractivity contribution in [3.05, 3.63) is 39.9 Å². The van der Waals surface area contributed by atoms with E-state index >= 15 is 0 Å². The lowest BCUT2D eigenvalue weighted by Crippen LogP contribution is -2.28. The van der Waals surface area contributed by atoms with Gasteiger partial charge in [0.15, 0.2) is 0 Å². The molecule has 1 atom stereocenters. The van der Waals surface area contributed by atoms with Gasteiger partial charge in [0.25, 0.3) is 0 Å². The summed E-state index contributed by atoms with van der Waals surface area (Å²) in [6.07, 6.45) is 12.2. The summed E-state index contributed by atoms with van der Waals surface area (Å²) in [4.78, 5) is 13.4. The first kappa shape index (κ1) is 15.2. The van der Waals surface area contributed by atoms with Crippen LogP contribution >= 0.6 is 0 Å². The maximum Gasteiger partial charge on any atom is 0.105 e. The van der Waals surface area contributed by atoms with E-state index in [0.29, 0.717) is 0 Å². The molecule has 0 aromatic rings. The molecule has 0 radical (unpaired) electrons. The van der Waals surface area contributed by atoms with Crippen LogP contribution in [0.15, 0.2) is 40.1 Å². The molecule has 0 aromatic carbocycles. The summed E-state index contributed by atoms with van der Waals surface area (Å²) < 4.78 is 0. The van der Waals surface area contributed by atoms with Gasteiger partial charge in [0, 0.05) is 6.54 Å². The van der Waals surface area contributed by atoms with Gasteiger partial charge >= 0.3 is 0 Å². The van der Waals surface area contributed by atoms with Crippen molar-refractivity contribution in [2.24, 2.45) is 5.18 Å². The number of hydrogen-bond acceptors (Lipinski definition) is 3. The predicted octanol–water partition coefficient (Wildman–Crippen LogP) is 4.22. The van der Waals surface area contributed by atoms with Crippen LogP contribution in [0.3, 0.4) is 0 Å². The third kappa shape index (κ3) is 4.41. The van der Waals surface area contributed by atoms with E-state index in [4.69, 9.17) is 0 Å². The van der Waals surface area contributed by atoms with Gasteiger partial charge in [-0.1, -0.05) is 34.6 Å². The molecule has 2 rings (SSSR count). The third-order valence-electron chi connectivity index (χ3n) is 4.41. The van der Waals surface area contributed by atoms with Crippen molar-refractivity contribution in [1.29, 1.82) is 0 Å². The van der Waals surface area contributed by atoms with E-state index in [1.807, 2.05) is 0 Å². The first-order valence-corrected chi connectivity index (χ1v) is 7.78. The number of hydrogen-bond donors (Lipinski definition) is 0. The Kier molecular flexibility index (Phi) is 5.72. The Morgan fingerprint density at radius 1 is 1.20 bits per heavy atom. The molecule has 0 amide bonds. The molecule has 20 heavy (non-hydrogen) atoms. The van der Waals surface area contributed by atoms with Crippen LogP contribution < -0.4 is 0 Å². The molecule has 110 valence electrons. The minimum Gasteiger partial charge on any atom is -0.301 e. The normalized spacial score (nSPS) is 21.8. The molecule has 0 N–H and O–H groups in total. The maximum absolute atomic E-state index is 11.0. The minimum absolute atomic E-state index is 0.0555. The fourth-order valence-corrected chi connectivity index (χ4v) is 2.95. The highest BCUT2D eigenvalue weighted by molar-refractivity contribution is 5.37. The zero-order valence-electron chi connectivity index (χ0n) is 12.8. The molecule has 3 heteroatoms. The predicted molar refractivity (Wildman–Crippen MR) is 84.7 cm³/mol. The van der Waals surface area contributed by atoms with Gasteiger partial charge in [-0.2, -0.15) is 4.91 Å². The molecule has 0 spiro atoms. The van der Waals surface area contributed by atoms with Crippen molar-refractivity contribution >= 4 is 0 Å². The summed E-state index contributed by atoms with van der Waals surface area (Å²) in [5.74, 6) is 0. The van der Waals surface area contributed by atoms with Crippen LogP contribution in [-0.2, 0) is 0 Å². The van der Waals surface area contributed by atoms with Crippen molar-refractivity contribution in [3.8, 4) is 0 Å². The van der Waals surface area contributed by atoms with Crippen LogP contribution in [0.2, 0.25) is 0 Å². The molecule has 1 aliphatic carbocycles. The van der Waals surface area contributed by atoms with Crippen LogP contribution in [0, 0.1) is 4.91 Å². The molecule has 0 saturated carbocycles. The van der Waals surface area contributed by atoms with E-state index in [1.165, 1.54) is 29.6 Å². The first-order valence-electron chi connectivity index (χ1n) is 7.78. The Hall–Kier alpha value is -1.22. The largest absolute Gasteiger partial charge is 0.301 e. The van der Waals surface area contributed by atoms with E-state index < -0.39 is 0 Å². The van der Waals surface area contributed by atoms with Gasteiger partial charge in [-0.05, 0) is 64.6 Å². The van der Waals surface area contributed by atoms with E-state index in [9.17, 15) is 4.91 Å². The molecular weight excluding hydrogens is 248 g/mol. The number of likely N-dealkylation sites (tertiary alicyclic amines) is 1. The summed E-state index contributed by atoms with van der Waals surface area (Å²) in [5, 5.41) is 3.34. The second-order valence-electron chi connectivity index (χ2n) is 6.03. The van der Waals surface area contributed by atoms with E-state index in [1.54, 1.807) is 0 Å². The lowest BCUT2D eigenvalue weighted by molar-refractivity contribution is 0.308. The molecule has 0 bridgehead atoms. The Balaban J connectivity index is 1.83. The lowest BCUT2D eigenvalue weighted by atomic mass is 10.0. The van der Waals surface area contributed by atoms with Crippen molar-refractivity contribution in [3.63, 3.8) is 0 Å². The van der Waals surface area contributed by atoms with Crippen LogP contribution in [-0.4, -0.2) is 30.6 Å². The quantitative estimate of drug-likeness (QED) is 0.679. The number of rotatable bonds is 6. The molecule has 1 heterocycles. The van der Waals surface area contributed by atoms with E-state index in [-0.39, 0.29) is 6.04 Å². The Morgan fingerprint density at radius 3 is 2.65 bits per heavy atom. The molecule has 0 aromatic heterocycles. The van der Waals surface area contributed by atoms with Gasteiger partial charge in [-0.3, -0.25) is 0 Å². The SMILES string of the molecule is CC1=CCC=C(CCC(CN2CCCC2)N=O)C=C1C. The molecule has 1 aliphatic heterocycles. The van der Waals surface area contributed by atoms with Gasteiger partial charge in [0.05, 0.1) is 0 Å². The number of nitrogens with zero attached hydrogens (tertiary/aromatic N) is 2. The van der Waals surface area contributed by atoms with Crippen LogP contribution in [0.25, 0.3) is 0 Å². The lowest BCUT2D eigenvalue weighted by Gasteiger charge is -2.18. The smallest absolute Gasteiger partial charge is 0.105 e. The zero-order valence-corrected chi connectivity index (χ0v) is 12.8. The van der Waals surface area contributed by atoms with Gasteiger partial charge in [0.1, 0.15) is 6.04 Å². The second-order valence-corrected chi connectivity index (χ2v) is 6.03. The summed E-state index contributed by atoms with van der Waals surface area (Å²) in [5.41, 5.74) is 4.05. The Morgan fingerprint density at radius 2 is 1.95 bits per heavy atom. The van der Waals surface area contributed by atoms with Crippen molar-refractivity contribution in [2.75, 3.05) is 19.6 Å². The van der Waals surface area contributed by atoms with Gasteiger partial charge < -0.3 is 4.90 Å². The third-order valence-corrected chi connectivity index (χ3v) is 4.41. The Labute approximate surface area is 122 Å². The highest BCUT2D eigenvalue weighted by atomic mass is 16.3. The average Bonchev–Trinajstić information content (AvgIpc) is 2.89. The van der Waals surface area contributed by atoms with Gasteiger partial charge in [-0.15, -0.1) is 0 Å². The number of nitroso groups, excluding NO2 is 1. The monoisotopic (exact) mass is 274 g/mol. The summed E-state index contributed by atoms with van der Waals surface area (Å²) >= 11 is 0. The highest BCUT2D eigenvalue weighted by Crippen LogP contribution is 2.22. The fourth-order valence-electron chi connectivity index (χ4n) is 2.95. The topological polar surface area (TPSA) is 32.7 Å². The zero-order chi connectivity index (χ0) is 14.4. The van der Waals surface area contributed by atoms with Crippen LogP contribution in [0.1, 0.15) is 46.0 Å². The summed E-state index contributed by atoms with van der Waals surface area (Å²) in [6, 6.07) is -0.0555. The van der Waals surface area contributed by atoms with Crippen molar-refractivity contribution in [1.82, 2.24) is 4.90 Å². The summed E-state index contributed by atoms with van der Waals surface area (Å²) in [6.45, 7) is 7.43. The molecule has 3 nitrogen and oxygen atoms in total. The standard InChI is InChI=1S/C17H26N2O/c1-14-6-5-7-16(12-15(14)2)8-9-17(18-20)13-19-10-3-4-11-19/h6-7,12,17H,3-5,8-11,13H2,1-2H3. The van der Waals surface area contributed by atoms with Crippen molar-refractivity contribution in [2.45, 2.75) is 52.0 Å². The minimum atomic E-state index is -0.0555. The fraction of sp³-hybridized carbons (Fsp3) is 0.647. The molecule has 1 fully saturated rings. The molecule has 1 saturated heterocycles. The van der Waals surface area contributed by atoms with Crippen LogP contribution in [0.4, 0.5) is 0 Å². The molecule has 2 aliphatic rings. The summed E-state index contributed by atoms with van der Waals surface area (Å²) in [7, 11) is 0. The van der Waals surface area contributed by atoms with E-state index in [2.05, 4.69) is 42.2 Å². The first-order chi connectivity index (χ1) is 9.69. The Bertz CT molecular complexity index is 428. The van der Waals surface area contributed by atoms with Gasteiger partial charge in [-0.25, -0.2) is 0 Å². The van der Waals surface area contributed by atoms with E-state index in [0.717, 1.165) is 38.9 Å². The average molecular weight is 274 g/mol. The maximum atomic E-state index is 11.0. The van der Waals surface area contributed by atoms with Crippen molar-refractivity contribution < 1.29 is 0 Å². The van der Waals surface area contributed by atoms with Crippen LogP contribution in [0.5, 0.6) is 0 Å². The molecule has 1 unspecified atom stereocenters. The van der Waals surface area contributed by atoms with Gasteiger partial charge in [0.2, 0.25) is 0 Å².